The van der Waals surface area contributed by atoms with E-state index in [4.69, 9.17) is 4.74 Å². The number of aliphatic hydroxyl groups excluding tert-OH is 2. The van der Waals surface area contributed by atoms with Crippen molar-refractivity contribution in [1.82, 2.24) is 0 Å². The molecule has 3 nitrogen and oxygen atoms in total. The SMILES string of the molecule is CC(O)c1cccc(Oc2cccc(C(C)O)c2)c1. The Labute approximate surface area is 113 Å². The Kier molecular flexibility index (Phi) is 4.20. The number of benzene rings is 2. The van der Waals surface area contributed by atoms with Gasteiger partial charge in [0, 0.05) is 0 Å². The molecule has 2 aromatic rings. The van der Waals surface area contributed by atoms with E-state index >= 15 is 0 Å². The van der Waals surface area contributed by atoms with Crippen LogP contribution in [0.1, 0.15) is 37.2 Å². The molecule has 0 aliphatic carbocycles. The summed E-state index contributed by atoms with van der Waals surface area (Å²) < 4.78 is 5.74. The predicted molar refractivity (Wildman–Crippen MR) is 74.2 cm³/mol. The summed E-state index contributed by atoms with van der Waals surface area (Å²) in [5.74, 6) is 1.34. The molecule has 0 fully saturated rings. The van der Waals surface area contributed by atoms with Gasteiger partial charge in [-0.25, -0.2) is 0 Å². The molecule has 2 atom stereocenters. The van der Waals surface area contributed by atoms with Gasteiger partial charge in [0.25, 0.3) is 0 Å². The van der Waals surface area contributed by atoms with Crippen molar-refractivity contribution in [2.75, 3.05) is 0 Å². The normalized spacial score (nSPS) is 13.9. The van der Waals surface area contributed by atoms with E-state index in [0.29, 0.717) is 11.5 Å². The van der Waals surface area contributed by atoms with Crippen molar-refractivity contribution in [1.29, 1.82) is 0 Å². The number of hydrogen-bond donors (Lipinski definition) is 2. The van der Waals surface area contributed by atoms with E-state index in [9.17, 15) is 10.2 Å². The molecule has 100 valence electrons. The van der Waals surface area contributed by atoms with Crippen LogP contribution in [0.15, 0.2) is 48.5 Å². The van der Waals surface area contributed by atoms with Crippen molar-refractivity contribution in [2.24, 2.45) is 0 Å². The van der Waals surface area contributed by atoms with Gasteiger partial charge in [-0.2, -0.15) is 0 Å². The van der Waals surface area contributed by atoms with Crippen molar-refractivity contribution in [3.63, 3.8) is 0 Å². The van der Waals surface area contributed by atoms with Gasteiger partial charge >= 0.3 is 0 Å². The van der Waals surface area contributed by atoms with Crippen LogP contribution in [0.4, 0.5) is 0 Å². The molecule has 2 rings (SSSR count). The van der Waals surface area contributed by atoms with Crippen LogP contribution < -0.4 is 4.74 Å². The molecule has 0 saturated heterocycles. The molecule has 0 radical (unpaired) electrons. The molecule has 2 aromatic carbocycles. The standard InChI is InChI=1S/C16H18O3/c1-11(17)13-5-3-7-15(9-13)19-16-8-4-6-14(10-16)12(2)18/h3-12,17-18H,1-2H3. The Hall–Kier alpha value is -1.84. The lowest BCUT2D eigenvalue weighted by molar-refractivity contribution is 0.199. The maximum atomic E-state index is 9.54. The minimum Gasteiger partial charge on any atom is -0.457 e. The van der Waals surface area contributed by atoms with Crippen molar-refractivity contribution < 1.29 is 14.9 Å². The minimum atomic E-state index is -0.521. The third-order valence-corrected chi connectivity index (χ3v) is 2.92. The average Bonchev–Trinajstić information content (AvgIpc) is 2.39. The smallest absolute Gasteiger partial charge is 0.127 e. The molecule has 0 heterocycles. The van der Waals surface area contributed by atoms with Gasteiger partial charge in [-0.3, -0.25) is 0 Å². The summed E-state index contributed by atoms with van der Waals surface area (Å²) in [7, 11) is 0. The van der Waals surface area contributed by atoms with Gasteiger partial charge in [-0.1, -0.05) is 24.3 Å². The Balaban J connectivity index is 2.21. The maximum Gasteiger partial charge on any atom is 0.127 e. The molecular formula is C16H18O3. The van der Waals surface area contributed by atoms with Gasteiger partial charge in [0.15, 0.2) is 0 Å². The van der Waals surface area contributed by atoms with Gasteiger partial charge in [0.05, 0.1) is 12.2 Å². The first-order chi connectivity index (χ1) is 9.06. The minimum absolute atomic E-state index is 0.521. The molecule has 0 aromatic heterocycles. The second-order valence-corrected chi connectivity index (χ2v) is 4.60. The molecule has 19 heavy (non-hydrogen) atoms. The Morgan fingerprint density at radius 2 is 1.21 bits per heavy atom. The topological polar surface area (TPSA) is 49.7 Å². The zero-order valence-corrected chi connectivity index (χ0v) is 11.1. The van der Waals surface area contributed by atoms with Crippen LogP contribution in [0, 0.1) is 0 Å². The van der Waals surface area contributed by atoms with Gasteiger partial charge in [-0.05, 0) is 49.2 Å². The first-order valence-corrected chi connectivity index (χ1v) is 6.30. The van der Waals surface area contributed by atoms with E-state index in [2.05, 4.69) is 0 Å². The zero-order valence-electron chi connectivity index (χ0n) is 11.1. The van der Waals surface area contributed by atoms with E-state index < -0.39 is 12.2 Å². The lowest BCUT2D eigenvalue weighted by atomic mass is 10.1. The molecule has 0 saturated carbocycles. The first kappa shape index (κ1) is 13.6. The van der Waals surface area contributed by atoms with E-state index in [1.165, 1.54) is 0 Å². The van der Waals surface area contributed by atoms with E-state index in [1.807, 2.05) is 36.4 Å². The highest BCUT2D eigenvalue weighted by Crippen LogP contribution is 2.26. The van der Waals surface area contributed by atoms with E-state index in [-0.39, 0.29) is 0 Å². The van der Waals surface area contributed by atoms with Crippen LogP contribution in [0.25, 0.3) is 0 Å². The van der Waals surface area contributed by atoms with Gasteiger partial charge in [-0.15, -0.1) is 0 Å². The second kappa shape index (κ2) is 5.87. The third-order valence-electron chi connectivity index (χ3n) is 2.92. The van der Waals surface area contributed by atoms with Crippen molar-refractivity contribution >= 4 is 0 Å². The molecule has 0 amide bonds. The Morgan fingerprint density at radius 3 is 1.58 bits per heavy atom. The van der Waals surface area contributed by atoms with Crippen LogP contribution in [-0.4, -0.2) is 10.2 Å². The van der Waals surface area contributed by atoms with Gasteiger partial charge in [0.1, 0.15) is 11.5 Å². The Bertz CT molecular complexity index is 498. The van der Waals surface area contributed by atoms with Crippen LogP contribution in [0.5, 0.6) is 11.5 Å². The number of hydrogen-bond acceptors (Lipinski definition) is 3. The number of ether oxygens (including phenoxy) is 1. The maximum absolute atomic E-state index is 9.54. The molecule has 3 heteroatoms. The lowest BCUT2D eigenvalue weighted by Crippen LogP contribution is -1.93. The van der Waals surface area contributed by atoms with E-state index in [1.54, 1.807) is 26.0 Å². The summed E-state index contributed by atoms with van der Waals surface area (Å²) in [6, 6.07) is 14.7. The Morgan fingerprint density at radius 1 is 0.789 bits per heavy atom. The molecular weight excluding hydrogens is 240 g/mol. The molecule has 0 aliphatic heterocycles. The monoisotopic (exact) mass is 258 g/mol. The van der Waals surface area contributed by atoms with Crippen molar-refractivity contribution in [3.05, 3.63) is 59.7 Å². The number of rotatable bonds is 4. The highest BCUT2D eigenvalue weighted by atomic mass is 16.5. The molecule has 2 unspecified atom stereocenters. The molecule has 0 spiro atoms. The fourth-order valence-electron chi connectivity index (χ4n) is 1.81. The highest BCUT2D eigenvalue weighted by molar-refractivity contribution is 5.36. The summed E-state index contributed by atoms with van der Waals surface area (Å²) in [6.45, 7) is 3.43. The van der Waals surface area contributed by atoms with Crippen molar-refractivity contribution in [2.45, 2.75) is 26.1 Å². The lowest BCUT2D eigenvalue weighted by Gasteiger charge is -2.11. The van der Waals surface area contributed by atoms with Crippen molar-refractivity contribution in [3.8, 4) is 11.5 Å². The summed E-state index contributed by atoms with van der Waals surface area (Å²) in [5, 5.41) is 19.1. The molecule has 0 aliphatic rings. The average molecular weight is 258 g/mol. The fourth-order valence-corrected chi connectivity index (χ4v) is 1.81. The molecule has 0 bridgehead atoms. The summed E-state index contributed by atoms with van der Waals surface area (Å²) in [5.41, 5.74) is 1.62. The third kappa shape index (κ3) is 3.56. The van der Waals surface area contributed by atoms with Crippen LogP contribution in [0.2, 0.25) is 0 Å². The van der Waals surface area contributed by atoms with Crippen LogP contribution in [0.3, 0.4) is 0 Å². The zero-order chi connectivity index (χ0) is 13.8. The highest BCUT2D eigenvalue weighted by Gasteiger charge is 2.05. The second-order valence-electron chi connectivity index (χ2n) is 4.60. The summed E-state index contributed by atoms with van der Waals surface area (Å²) in [4.78, 5) is 0. The van der Waals surface area contributed by atoms with Crippen LogP contribution in [-0.2, 0) is 0 Å². The number of aliphatic hydroxyl groups is 2. The largest absolute Gasteiger partial charge is 0.457 e. The van der Waals surface area contributed by atoms with Gasteiger partial charge < -0.3 is 14.9 Å². The van der Waals surface area contributed by atoms with E-state index in [0.717, 1.165) is 11.1 Å². The predicted octanol–water partition coefficient (Wildman–Crippen LogP) is 3.59. The van der Waals surface area contributed by atoms with Crippen LogP contribution >= 0.6 is 0 Å². The summed E-state index contributed by atoms with van der Waals surface area (Å²) >= 11 is 0. The fraction of sp³-hybridized carbons (Fsp3) is 0.250. The summed E-state index contributed by atoms with van der Waals surface area (Å²) in [6.07, 6.45) is -1.04. The first-order valence-electron chi connectivity index (χ1n) is 6.30. The van der Waals surface area contributed by atoms with Gasteiger partial charge in [0.2, 0.25) is 0 Å². The quantitative estimate of drug-likeness (QED) is 0.881. The molecule has 2 N–H and O–H groups in total.